The van der Waals surface area contributed by atoms with Crippen LogP contribution in [0.3, 0.4) is 0 Å². The number of ether oxygens (including phenoxy) is 2. The van der Waals surface area contributed by atoms with Gasteiger partial charge >= 0.3 is 11.9 Å². The number of ketones is 2. The number of aliphatic hydroxyl groups is 2. The standard InChI is InChI=1S/C25H34O9/c1-23-7-5-15(26)9-14(23)3-4-16-17-6-8-25(32,24(17,2)10-18(27)22(16)23)19(28)11-34-21(31)13-33-12-20(29)30/h9,16-18,22,27,32H,3-8,10-13H2,1-2H3,(H,29,30)/t16-,17-,18-,22+,23-,24-,25-/m0/s1. The number of Topliss-reactive ketones (excluding diaryl/α,β-unsaturated/α-hetero) is 1. The summed E-state index contributed by atoms with van der Waals surface area (Å²) in [5.74, 6) is -2.45. The Balaban J connectivity index is 1.49. The van der Waals surface area contributed by atoms with Crippen molar-refractivity contribution in [3.05, 3.63) is 11.6 Å². The molecule has 4 rings (SSSR count). The number of aliphatic carboxylic acids is 1. The SMILES string of the molecule is C[C@]12CCC(=O)C=C1CC[C@@H]1[C@@H]2[C@@H](O)C[C@@]2(C)[C@H]1CC[C@]2(O)C(=O)COC(=O)COCC(=O)O. The predicted octanol–water partition coefficient (Wildman–Crippen LogP) is 1.43. The van der Waals surface area contributed by atoms with E-state index in [4.69, 9.17) is 9.84 Å². The van der Waals surface area contributed by atoms with Crippen LogP contribution in [0.5, 0.6) is 0 Å². The molecule has 188 valence electrons. The van der Waals surface area contributed by atoms with E-state index in [0.717, 1.165) is 18.4 Å². The molecule has 0 aromatic heterocycles. The molecule has 0 aliphatic heterocycles. The van der Waals surface area contributed by atoms with Crippen molar-refractivity contribution in [2.24, 2.45) is 28.6 Å². The number of aliphatic hydroxyl groups excluding tert-OH is 1. The fraction of sp³-hybridized carbons (Fsp3) is 0.760. The fourth-order valence-electron chi connectivity index (χ4n) is 7.68. The average molecular weight is 479 g/mol. The Hall–Kier alpha value is -2.10. The van der Waals surface area contributed by atoms with Gasteiger partial charge < -0.3 is 24.8 Å². The molecule has 0 amide bonds. The van der Waals surface area contributed by atoms with Gasteiger partial charge in [-0.3, -0.25) is 9.59 Å². The van der Waals surface area contributed by atoms with Gasteiger partial charge in [0.25, 0.3) is 0 Å². The van der Waals surface area contributed by atoms with Crippen molar-refractivity contribution in [3.63, 3.8) is 0 Å². The lowest BCUT2D eigenvalue weighted by Crippen LogP contribution is -2.62. The minimum atomic E-state index is -1.73. The van der Waals surface area contributed by atoms with E-state index >= 15 is 0 Å². The zero-order valence-electron chi connectivity index (χ0n) is 19.7. The van der Waals surface area contributed by atoms with Crippen molar-refractivity contribution in [3.8, 4) is 0 Å². The second-order valence-corrected chi connectivity index (χ2v) is 10.9. The van der Waals surface area contributed by atoms with E-state index < -0.39 is 54.7 Å². The van der Waals surface area contributed by atoms with E-state index in [0.29, 0.717) is 19.3 Å². The van der Waals surface area contributed by atoms with Gasteiger partial charge in [0.2, 0.25) is 5.78 Å². The van der Waals surface area contributed by atoms with Gasteiger partial charge in [-0.1, -0.05) is 19.4 Å². The maximum atomic E-state index is 13.1. The second kappa shape index (κ2) is 8.84. The molecule has 0 heterocycles. The maximum Gasteiger partial charge on any atom is 0.332 e. The highest BCUT2D eigenvalue weighted by Gasteiger charge is 2.68. The second-order valence-electron chi connectivity index (χ2n) is 10.9. The van der Waals surface area contributed by atoms with Crippen LogP contribution in [0.2, 0.25) is 0 Å². The number of hydrogen-bond acceptors (Lipinski definition) is 8. The van der Waals surface area contributed by atoms with Crippen molar-refractivity contribution in [1.29, 1.82) is 0 Å². The van der Waals surface area contributed by atoms with Gasteiger partial charge in [-0.15, -0.1) is 0 Å². The quantitative estimate of drug-likeness (QED) is 0.462. The summed E-state index contributed by atoms with van der Waals surface area (Å²) in [6.07, 6.45) is 4.93. The van der Waals surface area contributed by atoms with E-state index in [1.165, 1.54) is 0 Å². The molecule has 0 aromatic carbocycles. The minimum Gasteiger partial charge on any atom is -0.480 e. The summed E-state index contributed by atoms with van der Waals surface area (Å²) in [7, 11) is 0. The summed E-state index contributed by atoms with van der Waals surface area (Å²) < 4.78 is 9.62. The molecule has 34 heavy (non-hydrogen) atoms. The van der Waals surface area contributed by atoms with E-state index in [9.17, 15) is 29.4 Å². The van der Waals surface area contributed by atoms with Gasteiger partial charge in [-0.2, -0.15) is 0 Å². The van der Waals surface area contributed by atoms with Crippen molar-refractivity contribution in [2.75, 3.05) is 19.8 Å². The van der Waals surface area contributed by atoms with Gasteiger partial charge in [-0.05, 0) is 67.8 Å². The normalized spacial score (nSPS) is 41.1. The molecule has 0 unspecified atom stereocenters. The molecule has 0 radical (unpaired) electrons. The summed E-state index contributed by atoms with van der Waals surface area (Å²) in [5.41, 5.74) is -1.73. The first-order chi connectivity index (χ1) is 15.9. The topological polar surface area (TPSA) is 147 Å². The smallest absolute Gasteiger partial charge is 0.332 e. The number of carbonyl (C=O) groups is 4. The Labute approximate surface area is 198 Å². The van der Waals surface area contributed by atoms with Crippen molar-refractivity contribution in [2.45, 2.75) is 70.5 Å². The highest BCUT2D eigenvalue weighted by molar-refractivity contribution is 5.92. The third kappa shape index (κ3) is 3.91. The zero-order chi connectivity index (χ0) is 24.9. The van der Waals surface area contributed by atoms with Crippen LogP contribution >= 0.6 is 0 Å². The molecule has 7 atom stereocenters. The summed E-state index contributed by atoms with van der Waals surface area (Å²) in [4.78, 5) is 47.4. The molecule has 3 saturated carbocycles. The molecule has 3 fully saturated rings. The Kier molecular flexibility index (Phi) is 6.50. The maximum absolute atomic E-state index is 13.1. The summed E-state index contributed by atoms with van der Waals surface area (Å²) in [5, 5.41) is 31.5. The molecular weight excluding hydrogens is 444 g/mol. The third-order valence-corrected chi connectivity index (χ3v) is 9.32. The van der Waals surface area contributed by atoms with Crippen LogP contribution in [-0.4, -0.2) is 70.4 Å². The molecule has 0 aromatic rings. The summed E-state index contributed by atoms with van der Waals surface area (Å²) in [6, 6.07) is 0. The van der Waals surface area contributed by atoms with E-state index in [1.807, 2.05) is 6.92 Å². The first-order valence-electron chi connectivity index (χ1n) is 12.0. The zero-order valence-corrected chi connectivity index (χ0v) is 19.7. The molecule has 3 N–H and O–H groups in total. The Bertz CT molecular complexity index is 925. The molecule has 9 heteroatoms. The van der Waals surface area contributed by atoms with Crippen LogP contribution in [0.25, 0.3) is 0 Å². The lowest BCUT2D eigenvalue weighted by molar-refractivity contribution is -0.185. The number of carboxylic acids is 1. The molecule has 4 aliphatic carbocycles. The van der Waals surface area contributed by atoms with Crippen LogP contribution in [0, 0.1) is 28.6 Å². The predicted molar refractivity (Wildman–Crippen MR) is 117 cm³/mol. The number of esters is 1. The minimum absolute atomic E-state index is 0.0275. The van der Waals surface area contributed by atoms with E-state index in [-0.39, 0.29) is 41.8 Å². The molecular formula is C25H34O9. The lowest BCUT2D eigenvalue weighted by Gasteiger charge is -2.60. The number of carbonyl (C=O) groups excluding carboxylic acids is 3. The number of allylic oxidation sites excluding steroid dienone is 1. The lowest BCUT2D eigenvalue weighted by atomic mass is 9.45. The summed E-state index contributed by atoms with van der Waals surface area (Å²) in [6.45, 7) is 2.11. The number of fused-ring (bicyclic) bond motifs is 5. The largest absolute Gasteiger partial charge is 0.480 e. The Morgan fingerprint density at radius 3 is 2.53 bits per heavy atom. The highest BCUT2D eigenvalue weighted by atomic mass is 16.6. The first-order valence-corrected chi connectivity index (χ1v) is 12.0. The van der Waals surface area contributed by atoms with Crippen LogP contribution < -0.4 is 0 Å². The van der Waals surface area contributed by atoms with Gasteiger partial charge in [0.15, 0.2) is 12.4 Å². The van der Waals surface area contributed by atoms with E-state index in [1.54, 1.807) is 6.08 Å². The molecule has 9 nitrogen and oxygen atoms in total. The molecule has 0 bridgehead atoms. The highest BCUT2D eigenvalue weighted by Crippen LogP contribution is 2.67. The first kappa shape index (κ1) is 25.0. The molecule has 4 aliphatic rings. The van der Waals surface area contributed by atoms with Crippen molar-refractivity contribution >= 4 is 23.5 Å². The Morgan fingerprint density at radius 1 is 1.09 bits per heavy atom. The Morgan fingerprint density at radius 2 is 1.82 bits per heavy atom. The fourth-order valence-corrected chi connectivity index (χ4v) is 7.68. The van der Waals surface area contributed by atoms with Gasteiger partial charge in [0.05, 0.1) is 6.10 Å². The van der Waals surface area contributed by atoms with Crippen LogP contribution in [-0.2, 0) is 28.7 Å². The van der Waals surface area contributed by atoms with Crippen molar-refractivity contribution < 1.29 is 44.0 Å². The number of rotatable bonds is 7. The van der Waals surface area contributed by atoms with Gasteiger partial charge in [0, 0.05) is 11.8 Å². The van der Waals surface area contributed by atoms with Crippen LogP contribution in [0.1, 0.15) is 58.8 Å². The van der Waals surface area contributed by atoms with Crippen LogP contribution in [0.4, 0.5) is 0 Å². The summed E-state index contributed by atoms with van der Waals surface area (Å²) >= 11 is 0. The van der Waals surface area contributed by atoms with Crippen molar-refractivity contribution in [1.82, 2.24) is 0 Å². The van der Waals surface area contributed by atoms with Gasteiger partial charge in [0.1, 0.15) is 18.8 Å². The number of hydrogen-bond donors (Lipinski definition) is 3. The monoisotopic (exact) mass is 478 g/mol. The van der Waals surface area contributed by atoms with Crippen LogP contribution in [0.15, 0.2) is 11.6 Å². The molecule has 0 spiro atoms. The molecule has 0 saturated heterocycles. The van der Waals surface area contributed by atoms with Gasteiger partial charge in [-0.25, -0.2) is 9.59 Å². The van der Waals surface area contributed by atoms with E-state index in [2.05, 4.69) is 11.7 Å². The average Bonchev–Trinajstić information content (AvgIpc) is 3.03. The third-order valence-electron chi connectivity index (χ3n) is 9.32. The number of carboxylic acid groups (broad SMARTS) is 1.